The highest BCUT2D eigenvalue weighted by atomic mass is 16.5. The number of aliphatic hydroxyl groups excluding tert-OH is 1. The minimum absolute atomic E-state index is 0.122. The molecule has 1 rings (SSSR count). The minimum atomic E-state index is 0.122. The average molecular weight is 142 g/mol. The third-order valence-corrected chi connectivity index (χ3v) is 1.82. The van der Waals surface area contributed by atoms with Crippen molar-refractivity contribution in [2.75, 3.05) is 19.8 Å². The molecular formula is C8H14O2. The van der Waals surface area contributed by atoms with Gasteiger partial charge in [-0.3, -0.25) is 0 Å². The van der Waals surface area contributed by atoms with Gasteiger partial charge in [-0.2, -0.15) is 0 Å². The molecule has 0 spiro atoms. The first-order valence-electron chi connectivity index (χ1n) is 3.68. The van der Waals surface area contributed by atoms with Gasteiger partial charge in [0.05, 0.1) is 6.61 Å². The van der Waals surface area contributed by atoms with Crippen molar-refractivity contribution < 1.29 is 9.84 Å². The maximum atomic E-state index is 8.65. The lowest BCUT2D eigenvalue weighted by Crippen LogP contribution is -2.02. The summed E-state index contributed by atoms with van der Waals surface area (Å²) in [6, 6.07) is 0. The second-order valence-corrected chi connectivity index (χ2v) is 2.84. The van der Waals surface area contributed by atoms with Crippen LogP contribution in [0.3, 0.4) is 0 Å². The van der Waals surface area contributed by atoms with E-state index in [1.807, 2.05) is 0 Å². The Bertz CT molecular complexity index is 114. The number of aliphatic hydroxyl groups is 1. The van der Waals surface area contributed by atoms with Gasteiger partial charge in [0.2, 0.25) is 0 Å². The Hall–Kier alpha value is -0.340. The molecule has 0 aliphatic carbocycles. The maximum Gasteiger partial charge on any atom is 0.0639 e. The summed E-state index contributed by atoms with van der Waals surface area (Å²) < 4.78 is 5.18. The van der Waals surface area contributed by atoms with Crippen molar-refractivity contribution in [2.24, 2.45) is 5.92 Å². The highest BCUT2D eigenvalue weighted by Gasteiger charge is 2.15. The Morgan fingerprint density at radius 1 is 1.70 bits per heavy atom. The van der Waals surface area contributed by atoms with Crippen LogP contribution in [0.2, 0.25) is 0 Å². The van der Waals surface area contributed by atoms with E-state index in [-0.39, 0.29) is 6.61 Å². The highest BCUT2D eigenvalue weighted by Crippen LogP contribution is 2.19. The first-order chi connectivity index (χ1) is 4.83. The Balaban J connectivity index is 2.17. The molecule has 0 saturated carbocycles. The van der Waals surface area contributed by atoms with E-state index in [4.69, 9.17) is 9.84 Å². The van der Waals surface area contributed by atoms with E-state index in [2.05, 4.69) is 6.58 Å². The van der Waals surface area contributed by atoms with E-state index in [1.54, 1.807) is 0 Å². The quantitative estimate of drug-likeness (QED) is 0.595. The fraction of sp³-hybridized carbons (Fsp3) is 0.750. The Morgan fingerprint density at radius 3 is 3.00 bits per heavy atom. The van der Waals surface area contributed by atoms with Crippen molar-refractivity contribution in [3.8, 4) is 0 Å². The van der Waals surface area contributed by atoms with Crippen LogP contribution in [0.5, 0.6) is 0 Å². The molecule has 0 bridgehead atoms. The lowest BCUT2D eigenvalue weighted by Gasteiger charge is -2.06. The van der Waals surface area contributed by atoms with Gasteiger partial charge in [-0.05, 0) is 18.8 Å². The van der Waals surface area contributed by atoms with Crippen LogP contribution in [0.15, 0.2) is 12.2 Å². The van der Waals surface area contributed by atoms with Crippen LogP contribution in [0.4, 0.5) is 0 Å². The van der Waals surface area contributed by atoms with Crippen molar-refractivity contribution >= 4 is 0 Å². The van der Waals surface area contributed by atoms with Crippen LogP contribution in [0.25, 0.3) is 0 Å². The average Bonchev–Trinajstić information content (AvgIpc) is 2.40. The van der Waals surface area contributed by atoms with Crippen LogP contribution < -0.4 is 0 Å². The highest BCUT2D eigenvalue weighted by molar-refractivity contribution is 4.95. The van der Waals surface area contributed by atoms with Gasteiger partial charge < -0.3 is 9.84 Å². The molecule has 0 radical (unpaired) electrons. The summed E-state index contributed by atoms with van der Waals surface area (Å²) in [5.41, 5.74) is 0.926. The smallest absolute Gasteiger partial charge is 0.0639 e. The van der Waals surface area contributed by atoms with Gasteiger partial charge in [0, 0.05) is 13.2 Å². The summed E-state index contributed by atoms with van der Waals surface area (Å²) in [7, 11) is 0. The van der Waals surface area contributed by atoms with Crippen LogP contribution in [-0.2, 0) is 4.74 Å². The molecule has 0 amide bonds. The van der Waals surface area contributed by atoms with Gasteiger partial charge in [0.1, 0.15) is 0 Å². The molecule has 58 valence electrons. The number of hydrogen-bond donors (Lipinski definition) is 1. The van der Waals surface area contributed by atoms with E-state index < -0.39 is 0 Å². The monoisotopic (exact) mass is 142 g/mol. The standard InChI is InChI=1S/C8H14O2/c1-7(5-9)4-8-2-3-10-6-8/h8-9H,1-6H2. The van der Waals surface area contributed by atoms with E-state index >= 15 is 0 Å². The lowest BCUT2D eigenvalue weighted by molar-refractivity contribution is 0.185. The third kappa shape index (κ3) is 2.12. The summed E-state index contributed by atoms with van der Waals surface area (Å²) in [6.07, 6.45) is 2.05. The minimum Gasteiger partial charge on any atom is -0.392 e. The zero-order valence-corrected chi connectivity index (χ0v) is 6.18. The van der Waals surface area contributed by atoms with Crippen LogP contribution in [-0.4, -0.2) is 24.9 Å². The zero-order chi connectivity index (χ0) is 7.40. The molecule has 1 heterocycles. The molecule has 10 heavy (non-hydrogen) atoms. The van der Waals surface area contributed by atoms with Crippen molar-refractivity contribution in [2.45, 2.75) is 12.8 Å². The van der Waals surface area contributed by atoms with Crippen LogP contribution in [0, 0.1) is 5.92 Å². The van der Waals surface area contributed by atoms with E-state index in [0.29, 0.717) is 5.92 Å². The Labute approximate surface area is 61.5 Å². The maximum absolute atomic E-state index is 8.65. The summed E-state index contributed by atoms with van der Waals surface area (Å²) >= 11 is 0. The number of rotatable bonds is 3. The predicted molar refractivity (Wildman–Crippen MR) is 39.8 cm³/mol. The van der Waals surface area contributed by atoms with Crippen molar-refractivity contribution in [1.29, 1.82) is 0 Å². The third-order valence-electron chi connectivity index (χ3n) is 1.82. The molecule has 0 aromatic heterocycles. The molecule has 2 heteroatoms. The molecule has 1 atom stereocenters. The van der Waals surface area contributed by atoms with Gasteiger partial charge in [-0.25, -0.2) is 0 Å². The fourth-order valence-electron chi connectivity index (χ4n) is 1.22. The molecule has 0 aromatic rings. The molecule has 1 saturated heterocycles. The molecule has 0 aromatic carbocycles. The predicted octanol–water partition coefficient (Wildman–Crippen LogP) is 0.962. The van der Waals surface area contributed by atoms with Gasteiger partial charge >= 0.3 is 0 Å². The SMILES string of the molecule is C=C(CO)CC1CCOC1. The van der Waals surface area contributed by atoms with Gasteiger partial charge in [0.15, 0.2) is 0 Å². The molecule has 1 fully saturated rings. The van der Waals surface area contributed by atoms with E-state index in [9.17, 15) is 0 Å². The largest absolute Gasteiger partial charge is 0.392 e. The van der Waals surface area contributed by atoms with Gasteiger partial charge in [-0.15, -0.1) is 0 Å². The number of hydrogen-bond acceptors (Lipinski definition) is 2. The van der Waals surface area contributed by atoms with E-state index in [0.717, 1.165) is 31.6 Å². The summed E-state index contributed by atoms with van der Waals surface area (Å²) in [4.78, 5) is 0. The molecular weight excluding hydrogens is 128 g/mol. The summed E-state index contributed by atoms with van der Waals surface area (Å²) in [5.74, 6) is 0.611. The Morgan fingerprint density at radius 2 is 2.50 bits per heavy atom. The van der Waals surface area contributed by atoms with Crippen molar-refractivity contribution in [1.82, 2.24) is 0 Å². The summed E-state index contributed by atoms with van der Waals surface area (Å²) in [6.45, 7) is 5.58. The molecule has 2 nitrogen and oxygen atoms in total. The van der Waals surface area contributed by atoms with Crippen LogP contribution >= 0.6 is 0 Å². The zero-order valence-electron chi connectivity index (χ0n) is 6.18. The first-order valence-corrected chi connectivity index (χ1v) is 3.68. The van der Waals surface area contributed by atoms with Crippen molar-refractivity contribution in [3.63, 3.8) is 0 Å². The first kappa shape index (κ1) is 7.76. The second-order valence-electron chi connectivity index (χ2n) is 2.84. The van der Waals surface area contributed by atoms with Crippen LogP contribution in [0.1, 0.15) is 12.8 Å². The Kier molecular flexibility index (Phi) is 2.90. The molecule has 1 unspecified atom stereocenters. The molecule has 1 aliphatic heterocycles. The number of ether oxygens (including phenoxy) is 1. The second kappa shape index (κ2) is 3.74. The summed E-state index contributed by atoms with van der Waals surface area (Å²) in [5, 5.41) is 8.65. The van der Waals surface area contributed by atoms with E-state index in [1.165, 1.54) is 0 Å². The van der Waals surface area contributed by atoms with Crippen molar-refractivity contribution in [3.05, 3.63) is 12.2 Å². The van der Waals surface area contributed by atoms with Gasteiger partial charge in [0.25, 0.3) is 0 Å². The molecule has 1 N–H and O–H groups in total. The van der Waals surface area contributed by atoms with Gasteiger partial charge in [-0.1, -0.05) is 12.2 Å². The fourth-order valence-corrected chi connectivity index (χ4v) is 1.22. The lowest BCUT2D eigenvalue weighted by atomic mass is 10.0. The topological polar surface area (TPSA) is 29.5 Å². The normalized spacial score (nSPS) is 25.1. The molecule has 1 aliphatic rings.